The normalized spacial score (nSPS) is 36.2. The molecule has 2 aliphatic rings. The first-order chi connectivity index (χ1) is 7.43. The minimum Gasteiger partial charge on any atom is -0.481 e. The molecule has 0 aromatic rings. The van der Waals surface area contributed by atoms with Gasteiger partial charge in [-0.3, -0.25) is 14.9 Å². The Balaban J connectivity index is 2.17. The molecular formula is C11H15NO4. The van der Waals surface area contributed by atoms with E-state index in [9.17, 15) is 14.9 Å². The van der Waals surface area contributed by atoms with Crippen molar-refractivity contribution >= 4 is 5.97 Å². The molecule has 0 heterocycles. The lowest BCUT2D eigenvalue weighted by molar-refractivity contribution is -0.505. The van der Waals surface area contributed by atoms with E-state index in [0.29, 0.717) is 12.3 Å². The van der Waals surface area contributed by atoms with Gasteiger partial charge in [-0.25, -0.2) is 0 Å². The van der Waals surface area contributed by atoms with Gasteiger partial charge in [-0.15, -0.1) is 0 Å². The molecule has 0 spiro atoms. The van der Waals surface area contributed by atoms with Crippen LogP contribution in [-0.4, -0.2) is 22.5 Å². The molecule has 0 amide bonds. The maximum absolute atomic E-state index is 10.8. The van der Waals surface area contributed by atoms with Crippen molar-refractivity contribution in [3.63, 3.8) is 0 Å². The van der Waals surface area contributed by atoms with E-state index in [1.807, 2.05) is 13.0 Å². The second-order valence-corrected chi connectivity index (χ2v) is 5.13. The molecule has 0 saturated heterocycles. The van der Waals surface area contributed by atoms with Crippen LogP contribution in [-0.2, 0) is 4.79 Å². The highest BCUT2D eigenvalue weighted by Gasteiger charge is 2.58. The number of allylic oxidation sites excluding steroid dienone is 2. The van der Waals surface area contributed by atoms with Gasteiger partial charge in [0.15, 0.2) is 0 Å². The number of fused-ring (bicyclic) bond motifs is 1. The first kappa shape index (κ1) is 11.1. The summed E-state index contributed by atoms with van der Waals surface area (Å²) in [6.07, 6.45) is 3.61. The highest BCUT2D eigenvalue weighted by Crippen LogP contribution is 2.59. The summed E-state index contributed by atoms with van der Waals surface area (Å²) in [6.45, 7) is 1.79. The largest absolute Gasteiger partial charge is 0.481 e. The van der Waals surface area contributed by atoms with E-state index in [-0.39, 0.29) is 23.8 Å². The van der Waals surface area contributed by atoms with Crippen LogP contribution in [0.2, 0.25) is 0 Å². The number of carboxylic acids is 1. The SMILES string of the molecule is CC1=CC2C(C1)CC2(CC(=O)O)C[N+](=O)[O-]. The van der Waals surface area contributed by atoms with Gasteiger partial charge in [-0.05, 0) is 31.6 Å². The highest BCUT2D eigenvalue weighted by molar-refractivity contribution is 5.68. The molecule has 1 fully saturated rings. The summed E-state index contributed by atoms with van der Waals surface area (Å²) in [5, 5.41) is 19.5. The van der Waals surface area contributed by atoms with Gasteiger partial charge in [-0.1, -0.05) is 11.6 Å². The van der Waals surface area contributed by atoms with Crippen molar-refractivity contribution in [1.29, 1.82) is 0 Å². The van der Waals surface area contributed by atoms with Gasteiger partial charge >= 0.3 is 5.97 Å². The third kappa shape index (κ3) is 1.70. The van der Waals surface area contributed by atoms with Gasteiger partial charge in [0.1, 0.15) is 0 Å². The quantitative estimate of drug-likeness (QED) is 0.448. The number of rotatable bonds is 4. The molecule has 0 radical (unpaired) electrons. The molecule has 1 N–H and O–H groups in total. The molecule has 0 aliphatic heterocycles. The number of carbonyl (C=O) groups is 1. The van der Waals surface area contributed by atoms with E-state index in [1.165, 1.54) is 5.57 Å². The summed E-state index contributed by atoms with van der Waals surface area (Å²) >= 11 is 0. The van der Waals surface area contributed by atoms with Crippen LogP contribution < -0.4 is 0 Å². The van der Waals surface area contributed by atoms with Crippen LogP contribution in [0.5, 0.6) is 0 Å². The molecule has 3 atom stereocenters. The van der Waals surface area contributed by atoms with Crippen LogP contribution >= 0.6 is 0 Å². The first-order valence-corrected chi connectivity index (χ1v) is 5.44. The third-order valence-electron chi connectivity index (χ3n) is 3.88. The van der Waals surface area contributed by atoms with Crippen molar-refractivity contribution in [2.45, 2.75) is 26.2 Å². The molecule has 2 aliphatic carbocycles. The molecule has 0 aromatic heterocycles. The maximum atomic E-state index is 10.8. The van der Waals surface area contributed by atoms with Crippen LogP contribution in [0, 0.1) is 27.4 Å². The fraction of sp³-hybridized carbons (Fsp3) is 0.727. The zero-order valence-electron chi connectivity index (χ0n) is 9.18. The Hall–Kier alpha value is -1.39. The maximum Gasteiger partial charge on any atom is 0.304 e. The molecule has 3 unspecified atom stereocenters. The Morgan fingerprint density at radius 2 is 2.44 bits per heavy atom. The molecule has 0 aromatic carbocycles. The highest BCUT2D eigenvalue weighted by atomic mass is 16.6. The lowest BCUT2D eigenvalue weighted by Gasteiger charge is -2.48. The van der Waals surface area contributed by atoms with E-state index >= 15 is 0 Å². The van der Waals surface area contributed by atoms with E-state index in [1.54, 1.807) is 0 Å². The van der Waals surface area contributed by atoms with Gasteiger partial charge < -0.3 is 5.11 Å². The summed E-state index contributed by atoms with van der Waals surface area (Å²) in [7, 11) is 0. The van der Waals surface area contributed by atoms with Crippen LogP contribution in [0.1, 0.15) is 26.2 Å². The minimum atomic E-state index is -0.932. The van der Waals surface area contributed by atoms with Crippen molar-refractivity contribution in [3.05, 3.63) is 21.8 Å². The smallest absolute Gasteiger partial charge is 0.304 e. The second-order valence-electron chi connectivity index (χ2n) is 5.13. The molecule has 16 heavy (non-hydrogen) atoms. The molecule has 5 nitrogen and oxygen atoms in total. The van der Waals surface area contributed by atoms with Crippen LogP contribution in [0.4, 0.5) is 0 Å². The fourth-order valence-corrected chi connectivity index (χ4v) is 3.40. The Bertz CT molecular complexity index is 358. The Labute approximate surface area is 93.3 Å². The van der Waals surface area contributed by atoms with Crippen molar-refractivity contribution in [2.24, 2.45) is 17.3 Å². The molecule has 2 rings (SSSR count). The number of carboxylic acid groups (broad SMARTS) is 1. The van der Waals surface area contributed by atoms with Gasteiger partial charge in [0.05, 0.1) is 11.8 Å². The van der Waals surface area contributed by atoms with E-state index in [4.69, 9.17) is 5.11 Å². The Morgan fingerprint density at radius 1 is 1.75 bits per heavy atom. The van der Waals surface area contributed by atoms with Crippen LogP contribution in [0.15, 0.2) is 11.6 Å². The van der Waals surface area contributed by atoms with Crippen molar-refractivity contribution in [1.82, 2.24) is 0 Å². The number of nitrogens with zero attached hydrogens (tertiary/aromatic N) is 1. The second kappa shape index (κ2) is 3.57. The third-order valence-corrected chi connectivity index (χ3v) is 3.88. The minimum absolute atomic E-state index is 0.0844. The molecule has 0 bridgehead atoms. The zero-order chi connectivity index (χ0) is 11.9. The lowest BCUT2D eigenvalue weighted by Crippen LogP contribution is -2.50. The van der Waals surface area contributed by atoms with Crippen molar-refractivity contribution < 1.29 is 14.8 Å². The summed E-state index contributed by atoms with van der Waals surface area (Å²) in [6, 6.07) is 0. The van der Waals surface area contributed by atoms with Gasteiger partial charge in [0.25, 0.3) is 0 Å². The fourth-order valence-electron chi connectivity index (χ4n) is 3.40. The number of hydrogen-bond donors (Lipinski definition) is 1. The number of hydrogen-bond acceptors (Lipinski definition) is 3. The predicted octanol–water partition coefficient (Wildman–Crippen LogP) is 1.71. The summed E-state index contributed by atoms with van der Waals surface area (Å²) in [4.78, 5) is 21.1. The van der Waals surface area contributed by atoms with Gasteiger partial charge in [0, 0.05) is 4.92 Å². The van der Waals surface area contributed by atoms with Crippen LogP contribution in [0.3, 0.4) is 0 Å². The lowest BCUT2D eigenvalue weighted by atomic mass is 9.53. The van der Waals surface area contributed by atoms with E-state index in [2.05, 4.69) is 0 Å². The average molecular weight is 225 g/mol. The topological polar surface area (TPSA) is 80.4 Å². The zero-order valence-corrected chi connectivity index (χ0v) is 9.18. The Morgan fingerprint density at radius 3 is 2.94 bits per heavy atom. The van der Waals surface area contributed by atoms with Gasteiger partial charge in [-0.2, -0.15) is 0 Å². The van der Waals surface area contributed by atoms with Crippen molar-refractivity contribution in [3.8, 4) is 0 Å². The molecule has 1 saturated carbocycles. The first-order valence-electron chi connectivity index (χ1n) is 5.44. The predicted molar refractivity (Wildman–Crippen MR) is 56.5 cm³/mol. The number of aliphatic carboxylic acids is 1. The summed E-state index contributed by atoms with van der Waals surface area (Å²) in [5.74, 6) is -0.383. The van der Waals surface area contributed by atoms with E-state index < -0.39 is 11.4 Å². The van der Waals surface area contributed by atoms with Crippen LogP contribution in [0.25, 0.3) is 0 Å². The standard InChI is InChI=1S/C11H15NO4/c1-7-2-8-4-11(5-10(13)14,6-12(15)16)9(8)3-7/h3,8-9H,2,4-6H2,1H3,(H,13,14). The van der Waals surface area contributed by atoms with Gasteiger partial charge in [0.2, 0.25) is 6.54 Å². The monoisotopic (exact) mass is 225 g/mol. The molecule has 88 valence electrons. The van der Waals surface area contributed by atoms with Crippen molar-refractivity contribution in [2.75, 3.05) is 6.54 Å². The Kier molecular flexibility index (Phi) is 2.48. The number of nitro groups is 1. The summed E-state index contributed by atoms with van der Waals surface area (Å²) in [5.41, 5.74) is 0.614. The average Bonchev–Trinajstić information content (AvgIpc) is 2.40. The molecule has 5 heteroatoms. The summed E-state index contributed by atoms with van der Waals surface area (Å²) < 4.78 is 0. The molecular weight excluding hydrogens is 210 g/mol. The van der Waals surface area contributed by atoms with E-state index in [0.717, 1.165) is 6.42 Å².